The molecule has 0 aromatic rings. The van der Waals surface area contributed by atoms with E-state index in [2.05, 4.69) is 11.3 Å². The number of esters is 1. The van der Waals surface area contributed by atoms with Crippen molar-refractivity contribution in [3.63, 3.8) is 0 Å². The summed E-state index contributed by atoms with van der Waals surface area (Å²) in [6, 6.07) is 0. The summed E-state index contributed by atoms with van der Waals surface area (Å²) >= 11 is 0. The van der Waals surface area contributed by atoms with Gasteiger partial charge in [-0.3, -0.25) is 4.79 Å². The highest BCUT2D eigenvalue weighted by Gasteiger charge is 1.94. The Morgan fingerprint density at radius 1 is 1.35 bits per heavy atom. The Balaban J connectivity index is 0. The minimum atomic E-state index is -0.873. The number of carboxylic acid groups (broad SMARTS) is 1. The zero-order valence-electron chi connectivity index (χ0n) is 10.4. The van der Waals surface area contributed by atoms with E-state index in [9.17, 15) is 9.59 Å². The first kappa shape index (κ1) is 17.6. The first-order valence-corrected chi connectivity index (χ1v) is 5.35. The van der Waals surface area contributed by atoms with Crippen LogP contribution in [0.5, 0.6) is 0 Å². The minimum absolute atomic E-state index is 0.210. The van der Waals surface area contributed by atoms with Crippen molar-refractivity contribution >= 4 is 11.9 Å². The quantitative estimate of drug-likeness (QED) is 0.440. The van der Waals surface area contributed by atoms with Gasteiger partial charge >= 0.3 is 11.9 Å². The smallest absolute Gasteiger partial charge is 0.327 e. The second kappa shape index (κ2) is 14.2. The van der Waals surface area contributed by atoms with Crippen molar-refractivity contribution in [2.45, 2.75) is 26.7 Å². The van der Waals surface area contributed by atoms with Gasteiger partial charge in [0.15, 0.2) is 0 Å². The third-order valence-electron chi connectivity index (χ3n) is 1.38. The molecule has 0 bridgehead atoms. The summed E-state index contributed by atoms with van der Waals surface area (Å²) in [5.74, 6) is -1.08. The molecule has 0 aromatic carbocycles. The van der Waals surface area contributed by atoms with E-state index in [0.29, 0.717) is 13.0 Å². The predicted molar refractivity (Wildman–Crippen MR) is 67.7 cm³/mol. The van der Waals surface area contributed by atoms with Crippen LogP contribution in [0.3, 0.4) is 0 Å². The largest absolute Gasteiger partial charge is 0.478 e. The van der Waals surface area contributed by atoms with Gasteiger partial charge in [0, 0.05) is 6.08 Å². The van der Waals surface area contributed by atoms with Crippen LogP contribution in [0.1, 0.15) is 26.7 Å². The van der Waals surface area contributed by atoms with Gasteiger partial charge in [0.05, 0.1) is 6.42 Å². The van der Waals surface area contributed by atoms with Crippen LogP contribution in [0.2, 0.25) is 0 Å². The Hall–Kier alpha value is -1.84. The Morgan fingerprint density at radius 2 is 2.00 bits per heavy atom. The van der Waals surface area contributed by atoms with Gasteiger partial charge in [-0.15, -0.1) is 0 Å². The first-order chi connectivity index (χ1) is 8.08. The summed E-state index contributed by atoms with van der Waals surface area (Å²) in [6.07, 6.45) is 8.99. The van der Waals surface area contributed by atoms with Crippen LogP contribution >= 0.6 is 0 Å². The molecule has 0 saturated heterocycles. The van der Waals surface area contributed by atoms with E-state index < -0.39 is 5.97 Å². The molecule has 0 aromatic heterocycles. The van der Waals surface area contributed by atoms with Crippen LogP contribution in [0.15, 0.2) is 37.0 Å². The second-order valence-electron chi connectivity index (χ2n) is 2.89. The predicted octanol–water partition coefficient (Wildman–Crippen LogP) is 2.72. The molecule has 0 rings (SSSR count). The molecule has 0 spiro atoms. The van der Waals surface area contributed by atoms with E-state index >= 15 is 0 Å². The highest BCUT2D eigenvalue weighted by molar-refractivity contribution is 5.79. The highest BCUT2D eigenvalue weighted by Crippen LogP contribution is 1.87. The summed E-state index contributed by atoms with van der Waals surface area (Å²) in [7, 11) is 0. The van der Waals surface area contributed by atoms with E-state index in [1.165, 1.54) is 0 Å². The number of hydrogen-bond donors (Lipinski definition) is 1. The summed E-state index contributed by atoms with van der Waals surface area (Å²) in [5, 5.41) is 7.96. The second-order valence-corrected chi connectivity index (χ2v) is 2.89. The van der Waals surface area contributed by atoms with Gasteiger partial charge in [-0.1, -0.05) is 37.8 Å². The Labute approximate surface area is 102 Å². The van der Waals surface area contributed by atoms with Crippen molar-refractivity contribution in [1.82, 2.24) is 0 Å². The average molecular weight is 240 g/mol. The monoisotopic (exact) mass is 240 g/mol. The molecule has 4 heteroatoms. The number of hydrogen-bond acceptors (Lipinski definition) is 3. The molecule has 1 N–H and O–H groups in total. The number of rotatable bonds is 6. The maximum atomic E-state index is 10.6. The molecular weight excluding hydrogens is 220 g/mol. The number of carboxylic acids is 1. The van der Waals surface area contributed by atoms with E-state index in [0.717, 1.165) is 12.5 Å². The van der Waals surface area contributed by atoms with Crippen molar-refractivity contribution in [2.24, 2.45) is 0 Å². The lowest BCUT2D eigenvalue weighted by molar-refractivity contribution is -0.141. The lowest BCUT2D eigenvalue weighted by Gasteiger charge is -1.96. The molecule has 0 amide bonds. The van der Waals surface area contributed by atoms with Gasteiger partial charge in [0.25, 0.3) is 0 Å². The Bertz CT molecular complexity index is 277. The standard InChI is InChI=1S/C8H12O2.C5H8O2/c1-3-5-6-8(9)10-7-4-2;1-2-3-4-5(6)7/h3-5H,2,6-7H2,1H3;3-4H,2H2,1H3,(H,6,7)/b5-3+;4-3+. The van der Waals surface area contributed by atoms with Gasteiger partial charge in [-0.2, -0.15) is 0 Å². The Kier molecular flexibility index (Phi) is 14.6. The van der Waals surface area contributed by atoms with Crippen molar-refractivity contribution in [1.29, 1.82) is 0 Å². The topological polar surface area (TPSA) is 63.6 Å². The van der Waals surface area contributed by atoms with Gasteiger partial charge in [-0.05, 0) is 13.3 Å². The molecule has 96 valence electrons. The van der Waals surface area contributed by atoms with Crippen LogP contribution in [-0.2, 0) is 14.3 Å². The fraction of sp³-hybridized carbons (Fsp3) is 0.385. The molecule has 0 aliphatic rings. The zero-order chi connectivity index (χ0) is 13.5. The number of aliphatic carboxylic acids is 1. The summed E-state index contributed by atoms with van der Waals surface area (Å²) in [5.41, 5.74) is 0. The van der Waals surface area contributed by atoms with E-state index in [1.807, 2.05) is 19.9 Å². The average Bonchev–Trinajstić information content (AvgIpc) is 2.31. The summed E-state index contributed by atoms with van der Waals surface area (Å²) in [6.45, 7) is 7.47. The third kappa shape index (κ3) is 20.3. The number of allylic oxidation sites excluding steroid dienone is 2. The van der Waals surface area contributed by atoms with Crippen LogP contribution < -0.4 is 0 Å². The molecule has 0 heterocycles. The maximum Gasteiger partial charge on any atom is 0.327 e. The third-order valence-corrected chi connectivity index (χ3v) is 1.38. The van der Waals surface area contributed by atoms with Gasteiger partial charge in [-0.25, -0.2) is 4.79 Å². The molecule has 0 saturated carbocycles. The first-order valence-electron chi connectivity index (χ1n) is 5.35. The van der Waals surface area contributed by atoms with Crippen molar-refractivity contribution in [3.8, 4) is 0 Å². The number of ether oxygens (including phenoxy) is 1. The minimum Gasteiger partial charge on any atom is -0.478 e. The molecule has 0 atom stereocenters. The van der Waals surface area contributed by atoms with Crippen LogP contribution in [-0.4, -0.2) is 23.7 Å². The van der Waals surface area contributed by atoms with Crippen molar-refractivity contribution in [2.75, 3.05) is 6.61 Å². The molecule has 4 nitrogen and oxygen atoms in total. The SMILES string of the molecule is C=CCOC(=O)C/C=C/C.CC/C=C/C(=O)O. The Morgan fingerprint density at radius 3 is 2.35 bits per heavy atom. The maximum absolute atomic E-state index is 10.6. The fourth-order valence-corrected chi connectivity index (χ4v) is 0.644. The van der Waals surface area contributed by atoms with Crippen molar-refractivity contribution in [3.05, 3.63) is 37.0 Å². The molecule has 0 radical (unpaired) electrons. The lowest BCUT2D eigenvalue weighted by Crippen LogP contribution is -2.01. The summed E-state index contributed by atoms with van der Waals surface area (Å²) < 4.78 is 4.69. The molecule has 0 aliphatic carbocycles. The number of carbonyl (C=O) groups is 2. The summed E-state index contributed by atoms with van der Waals surface area (Å²) in [4.78, 5) is 20.3. The van der Waals surface area contributed by atoms with E-state index in [-0.39, 0.29) is 5.97 Å². The normalized spacial score (nSPS) is 9.76. The molecular formula is C13H20O4. The number of carbonyl (C=O) groups excluding carboxylic acids is 1. The van der Waals surface area contributed by atoms with Crippen molar-refractivity contribution < 1.29 is 19.4 Å². The zero-order valence-corrected chi connectivity index (χ0v) is 10.4. The van der Waals surface area contributed by atoms with E-state index in [4.69, 9.17) is 5.11 Å². The molecule has 17 heavy (non-hydrogen) atoms. The van der Waals surface area contributed by atoms with E-state index in [1.54, 1.807) is 18.2 Å². The lowest BCUT2D eigenvalue weighted by atomic mass is 10.4. The van der Waals surface area contributed by atoms with Gasteiger partial charge in [0.2, 0.25) is 0 Å². The van der Waals surface area contributed by atoms with Crippen LogP contribution in [0.4, 0.5) is 0 Å². The van der Waals surface area contributed by atoms with Gasteiger partial charge < -0.3 is 9.84 Å². The van der Waals surface area contributed by atoms with Crippen LogP contribution in [0, 0.1) is 0 Å². The molecule has 0 fully saturated rings. The van der Waals surface area contributed by atoms with Crippen LogP contribution in [0.25, 0.3) is 0 Å². The molecule has 0 unspecified atom stereocenters. The molecule has 0 aliphatic heterocycles. The fourth-order valence-electron chi connectivity index (χ4n) is 0.644. The highest BCUT2D eigenvalue weighted by atomic mass is 16.5. The van der Waals surface area contributed by atoms with Gasteiger partial charge in [0.1, 0.15) is 6.61 Å².